The normalized spacial score (nSPS) is 16.3. The van der Waals surface area contributed by atoms with Gasteiger partial charge in [0.2, 0.25) is 0 Å². The number of hydrogen-bond donors (Lipinski definition) is 1. The van der Waals surface area contributed by atoms with Crippen molar-refractivity contribution in [1.29, 1.82) is 0 Å². The number of hydrogen-bond acceptors (Lipinski definition) is 2. The van der Waals surface area contributed by atoms with Crippen molar-refractivity contribution in [3.63, 3.8) is 0 Å². The van der Waals surface area contributed by atoms with Gasteiger partial charge in [0, 0.05) is 26.2 Å². The Morgan fingerprint density at radius 3 is 2.73 bits per heavy atom. The highest BCUT2D eigenvalue weighted by molar-refractivity contribution is 6.33. The van der Waals surface area contributed by atoms with E-state index < -0.39 is 0 Å². The first-order chi connectivity index (χ1) is 7.09. The summed E-state index contributed by atoms with van der Waals surface area (Å²) in [7, 11) is 1.74. The van der Waals surface area contributed by atoms with Gasteiger partial charge >= 0.3 is 6.03 Å². The molecule has 1 heterocycles. The molecular formula is C10H11ClN2O2. The second-order valence-corrected chi connectivity index (χ2v) is 3.90. The Hall–Kier alpha value is -1.42. The van der Waals surface area contributed by atoms with Gasteiger partial charge in [0.15, 0.2) is 0 Å². The summed E-state index contributed by atoms with van der Waals surface area (Å²) in [4.78, 5) is 14.8. The first-order valence-electron chi connectivity index (χ1n) is 4.61. The molecule has 0 aromatic heterocycles. The predicted molar refractivity (Wildman–Crippen MR) is 58.5 cm³/mol. The molecule has 0 radical (unpaired) electrons. The van der Waals surface area contributed by atoms with Gasteiger partial charge in [0.1, 0.15) is 5.75 Å². The molecule has 0 unspecified atom stereocenters. The van der Waals surface area contributed by atoms with Gasteiger partial charge in [-0.15, -0.1) is 0 Å². The average molecular weight is 227 g/mol. The van der Waals surface area contributed by atoms with Crippen molar-refractivity contribution in [1.82, 2.24) is 4.90 Å². The highest BCUT2D eigenvalue weighted by atomic mass is 35.5. The molecule has 4 nitrogen and oxygen atoms in total. The summed E-state index contributed by atoms with van der Waals surface area (Å²) >= 11 is 5.97. The molecule has 0 aliphatic carbocycles. The third-order valence-corrected chi connectivity index (χ3v) is 2.76. The van der Waals surface area contributed by atoms with Crippen LogP contribution in [0.3, 0.4) is 0 Å². The number of rotatable bonds is 1. The fourth-order valence-electron chi connectivity index (χ4n) is 1.58. The van der Waals surface area contributed by atoms with Crippen LogP contribution < -0.4 is 4.90 Å². The molecular weight excluding hydrogens is 216 g/mol. The molecule has 1 aromatic carbocycles. The van der Waals surface area contributed by atoms with Crippen molar-refractivity contribution in [3.05, 3.63) is 23.2 Å². The Morgan fingerprint density at radius 1 is 1.40 bits per heavy atom. The van der Waals surface area contributed by atoms with Gasteiger partial charge in [-0.1, -0.05) is 11.6 Å². The number of anilines is 1. The molecule has 15 heavy (non-hydrogen) atoms. The Bertz CT molecular complexity index is 408. The zero-order valence-electron chi connectivity index (χ0n) is 8.27. The van der Waals surface area contributed by atoms with Crippen LogP contribution in [0.15, 0.2) is 18.2 Å². The number of benzene rings is 1. The lowest BCUT2D eigenvalue weighted by molar-refractivity contribution is 0.229. The van der Waals surface area contributed by atoms with Crippen LogP contribution in [0, 0.1) is 0 Å². The van der Waals surface area contributed by atoms with Crippen molar-refractivity contribution < 1.29 is 9.90 Å². The number of halogens is 1. The van der Waals surface area contributed by atoms with E-state index in [9.17, 15) is 9.90 Å². The zero-order chi connectivity index (χ0) is 11.0. The minimum absolute atomic E-state index is 0.0949. The Balaban J connectivity index is 2.37. The number of nitrogens with zero attached hydrogens (tertiary/aromatic N) is 2. The molecule has 2 amide bonds. The van der Waals surface area contributed by atoms with E-state index in [4.69, 9.17) is 11.6 Å². The molecule has 1 saturated heterocycles. The number of urea groups is 1. The first-order valence-corrected chi connectivity index (χ1v) is 4.98. The third-order valence-electron chi connectivity index (χ3n) is 2.44. The molecule has 5 heteroatoms. The van der Waals surface area contributed by atoms with Gasteiger partial charge in [-0.25, -0.2) is 4.79 Å². The predicted octanol–water partition coefficient (Wildman–Crippen LogP) is 1.92. The van der Waals surface area contributed by atoms with Crippen LogP contribution in [0.25, 0.3) is 0 Å². The maximum Gasteiger partial charge on any atom is 0.324 e. The maximum atomic E-state index is 11.7. The monoisotopic (exact) mass is 226 g/mol. The molecule has 0 spiro atoms. The molecule has 1 aliphatic rings. The SMILES string of the molecule is CN1CCN(c2cc(O)ccc2Cl)C1=O. The van der Waals surface area contributed by atoms with Crippen LogP contribution in [-0.4, -0.2) is 36.2 Å². The summed E-state index contributed by atoms with van der Waals surface area (Å²) in [5, 5.41) is 9.81. The molecule has 80 valence electrons. The minimum atomic E-state index is -0.0949. The number of carbonyl (C=O) groups is 1. The molecule has 1 aliphatic heterocycles. The molecule has 0 atom stereocenters. The summed E-state index contributed by atoms with van der Waals surface area (Å²) in [5.74, 6) is 0.108. The number of phenolic OH excluding ortho intramolecular Hbond substituents is 1. The van der Waals surface area contributed by atoms with E-state index in [-0.39, 0.29) is 11.8 Å². The van der Waals surface area contributed by atoms with E-state index in [1.54, 1.807) is 22.9 Å². The quantitative estimate of drug-likeness (QED) is 0.795. The van der Waals surface area contributed by atoms with E-state index in [0.29, 0.717) is 23.8 Å². The topological polar surface area (TPSA) is 43.8 Å². The van der Waals surface area contributed by atoms with Gasteiger partial charge in [-0.2, -0.15) is 0 Å². The van der Waals surface area contributed by atoms with E-state index in [0.717, 1.165) is 0 Å². The van der Waals surface area contributed by atoms with Crippen LogP contribution in [0.5, 0.6) is 5.75 Å². The Kier molecular flexibility index (Phi) is 2.44. The van der Waals surface area contributed by atoms with Crippen LogP contribution in [-0.2, 0) is 0 Å². The lowest BCUT2D eigenvalue weighted by atomic mass is 10.3. The van der Waals surface area contributed by atoms with Crippen molar-refractivity contribution in [2.75, 3.05) is 25.0 Å². The zero-order valence-corrected chi connectivity index (χ0v) is 9.03. The summed E-state index contributed by atoms with van der Waals surface area (Å²) in [5.41, 5.74) is 0.561. The van der Waals surface area contributed by atoms with Crippen LogP contribution in [0.1, 0.15) is 0 Å². The van der Waals surface area contributed by atoms with Crippen LogP contribution in [0.4, 0.5) is 10.5 Å². The smallest absolute Gasteiger partial charge is 0.324 e. The fraction of sp³-hybridized carbons (Fsp3) is 0.300. The second kappa shape index (κ2) is 3.62. The fourth-order valence-corrected chi connectivity index (χ4v) is 1.80. The summed E-state index contributed by atoms with van der Waals surface area (Å²) < 4.78 is 0. The third kappa shape index (κ3) is 1.72. The molecule has 1 N–H and O–H groups in total. The standard InChI is InChI=1S/C10H11ClN2O2/c1-12-4-5-13(10(12)15)9-6-7(14)2-3-8(9)11/h2-3,6,14H,4-5H2,1H3. The number of carbonyl (C=O) groups excluding carboxylic acids is 1. The highest BCUT2D eigenvalue weighted by Gasteiger charge is 2.28. The lowest BCUT2D eigenvalue weighted by Gasteiger charge is -2.17. The number of phenols is 1. The Labute approximate surface area is 92.7 Å². The minimum Gasteiger partial charge on any atom is -0.508 e. The molecule has 0 bridgehead atoms. The van der Waals surface area contributed by atoms with Gasteiger partial charge < -0.3 is 10.0 Å². The van der Waals surface area contributed by atoms with Crippen molar-refractivity contribution >= 4 is 23.3 Å². The summed E-state index contributed by atoms with van der Waals surface area (Å²) in [6.45, 7) is 1.27. The molecule has 1 aromatic rings. The van der Waals surface area contributed by atoms with E-state index in [1.807, 2.05) is 0 Å². The van der Waals surface area contributed by atoms with Crippen molar-refractivity contribution in [2.24, 2.45) is 0 Å². The van der Waals surface area contributed by atoms with Crippen molar-refractivity contribution in [3.8, 4) is 5.75 Å². The molecule has 1 fully saturated rings. The van der Waals surface area contributed by atoms with Crippen LogP contribution in [0.2, 0.25) is 5.02 Å². The Morgan fingerprint density at radius 2 is 2.13 bits per heavy atom. The van der Waals surface area contributed by atoms with E-state index in [1.165, 1.54) is 12.1 Å². The summed E-state index contributed by atoms with van der Waals surface area (Å²) in [6, 6.07) is 4.48. The van der Waals surface area contributed by atoms with Gasteiger partial charge in [-0.05, 0) is 12.1 Å². The second-order valence-electron chi connectivity index (χ2n) is 3.49. The number of aromatic hydroxyl groups is 1. The van der Waals surface area contributed by atoms with Crippen molar-refractivity contribution in [2.45, 2.75) is 0 Å². The highest BCUT2D eigenvalue weighted by Crippen LogP contribution is 2.31. The van der Waals surface area contributed by atoms with E-state index in [2.05, 4.69) is 0 Å². The maximum absolute atomic E-state index is 11.7. The largest absolute Gasteiger partial charge is 0.508 e. The van der Waals surface area contributed by atoms with Crippen LogP contribution >= 0.6 is 11.6 Å². The average Bonchev–Trinajstić information content (AvgIpc) is 2.52. The van der Waals surface area contributed by atoms with E-state index >= 15 is 0 Å². The first kappa shape index (κ1) is 10.1. The molecule has 0 saturated carbocycles. The van der Waals surface area contributed by atoms with Gasteiger partial charge in [0.25, 0.3) is 0 Å². The summed E-state index contributed by atoms with van der Waals surface area (Å²) in [6.07, 6.45) is 0. The number of amides is 2. The number of likely N-dealkylation sites (N-methyl/N-ethyl adjacent to an activating group) is 1. The van der Waals surface area contributed by atoms with Gasteiger partial charge in [0.05, 0.1) is 10.7 Å². The van der Waals surface area contributed by atoms with Gasteiger partial charge in [-0.3, -0.25) is 4.90 Å². The lowest BCUT2D eigenvalue weighted by Crippen LogP contribution is -2.29. The molecule has 2 rings (SSSR count).